The first-order valence-electron chi connectivity index (χ1n) is 4.29. The summed E-state index contributed by atoms with van der Waals surface area (Å²) in [4.78, 5) is 0. The lowest BCUT2D eigenvalue weighted by Crippen LogP contribution is -2.32. The highest BCUT2D eigenvalue weighted by atomic mass is 16.8. The zero-order valence-corrected chi connectivity index (χ0v) is 8.06. The van der Waals surface area contributed by atoms with Gasteiger partial charge in [0.25, 0.3) is 0 Å². The quantitative estimate of drug-likeness (QED) is 0.671. The van der Waals surface area contributed by atoms with Crippen LogP contribution in [0.2, 0.25) is 0 Å². The van der Waals surface area contributed by atoms with E-state index in [-0.39, 0.29) is 6.10 Å². The Kier molecular flexibility index (Phi) is 2.91. The normalized spacial score (nSPS) is 34.1. The average molecular weight is 184 g/mol. The Morgan fingerprint density at radius 1 is 1.38 bits per heavy atom. The van der Waals surface area contributed by atoms with Crippen molar-refractivity contribution < 1.29 is 14.6 Å². The van der Waals surface area contributed by atoms with Crippen LogP contribution in [-0.2, 0) is 9.47 Å². The van der Waals surface area contributed by atoms with Crippen LogP contribution in [0.3, 0.4) is 0 Å². The molecular weight excluding hydrogens is 168 g/mol. The fourth-order valence-corrected chi connectivity index (χ4v) is 1.40. The van der Waals surface area contributed by atoms with Gasteiger partial charge in [-0.25, -0.2) is 0 Å². The Hall–Kier alpha value is -0.640. The number of hydrogen-bond donors (Lipinski definition) is 1. The van der Waals surface area contributed by atoms with Crippen molar-refractivity contribution in [3.8, 4) is 0 Å². The molecule has 13 heavy (non-hydrogen) atoms. The number of ether oxygens (including phenoxy) is 2. The molecule has 0 aromatic rings. The van der Waals surface area contributed by atoms with Crippen LogP contribution in [0, 0.1) is 0 Å². The molecule has 1 aliphatic heterocycles. The minimum Gasteiger partial charge on any atom is -0.386 e. The topological polar surface area (TPSA) is 38.7 Å². The Morgan fingerprint density at radius 3 is 2.46 bits per heavy atom. The molecule has 1 aliphatic rings. The molecule has 3 heteroatoms. The molecule has 0 saturated carbocycles. The number of aliphatic hydroxyl groups is 1. The molecule has 1 N–H and O–H groups in total. The van der Waals surface area contributed by atoms with Crippen molar-refractivity contribution in [3.63, 3.8) is 0 Å². The van der Waals surface area contributed by atoms with Crippen LogP contribution in [0.1, 0.15) is 13.8 Å². The molecule has 0 bridgehead atoms. The van der Waals surface area contributed by atoms with Gasteiger partial charge in [0.15, 0.2) is 5.79 Å². The van der Waals surface area contributed by atoms with E-state index in [4.69, 9.17) is 9.47 Å². The van der Waals surface area contributed by atoms with E-state index in [0.29, 0.717) is 0 Å². The molecule has 0 amide bonds. The molecule has 3 atom stereocenters. The maximum absolute atomic E-state index is 9.52. The van der Waals surface area contributed by atoms with Crippen LogP contribution >= 0.6 is 0 Å². The van der Waals surface area contributed by atoms with Crippen LogP contribution < -0.4 is 0 Å². The molecule has 0 aromatic heterocycles. The molecule has 0 aliphatic carbocycles. The van der Waals surface area contributed by atoms with Gasteiger partial charge in [0, 0.05) is 0 Å². The van der Waals surface area contributed by atoms with Gasteiger partial charge in [-0.2, -0.15) is 0 Å². The minimum absolute atomic E-state index is 0.275. The first-order chi connectivity index (χ1) is 6.00. The largest absolute Gasteiger partial charge is 0.386 e. The van der Waals surface area contributed by atoms with Gasteiger partial charge >= 0.3 is 0 Å². The lowest BCUT2D eigenvalue weighted by atomic mass is 10.1. The van der Waals surface area contributed by atoms with Crippen molar-refractivity contribution in [1.82, 2.24) is 0 Å². The Labute approximate surface area is 78.7 Å². The third-order valence-corrected chi connectivity index (χ3v) is 1.97. The van der Waals surface area contributed by atoms with Gasteiger partial charge in [-0.3, -0.25) is 0 Å². The maximum Gasteiger partial charge on any atom is 0.164 e. The van der Waals surface area contributed by atoms with E-state index in [1.807, 2.05) is 0 Å². The summed E-state index contributed by atoms with van der Waals surface area (Å²) in [5, 5.41) is 9.52. The smallest absolute Gasteiger partial charge is 0.164 e. The van der Waals surface area contributed by atoms with Crippen LogP contribution in [0.4, 0.5) is 0 Å². The van der Waals surface area contributed by atoms with Gasteiger partial charge in [-0.15, -0.1) is 13.2 Å². The van der Waals surface area contributed by atoms with Crippen LogP contribution in [-0.4, -0.2) is 29.2 Å². The molecule has 1 heterocycles. The zero-order valence-electron chi connectivity index (χ0n) is 8.06. The van der Waals surface area contributed by atoms with E-state index in [2.05, 4.69) is 13.2 Å². The molecule has 0 spiro atoms. The molecular formula is C10H16O3. The molecule has 1 rings (SSSR count). The van der Waals surface area contributed by atoms with Crippen LogP contribution in [0.25, 0.3) is 0 Å². The molecule has 0 unspecified atom stereocenters. The van der Waals surface area contributed by atoms with Crippen molar-refractivity contribution in [2.75, 3.05) is 0 Å². The predicted molar refractivity (Wildman–Crippen MR) is 50.2 cm³/mol. The molecule has 1 saturated heterocycles. The van der Waals surface area contributed by atoms with Gasteiger partial charge in [0.2, 0.25) is 0 Å². The van der Waals surface area contributed by atoms with Crippen molar-refractivity contribution in [3.05, 3.63) is 25.3 Å². The SMILES string of the molecule is C=C[C@@H]1OC(C)(C)O[C@H]1[C@@H](O)C=C. The average Bonchev–Trinajstić information content (AvgIpc) is 2.39. The summed E-state index contributed by atoms with van der Waals surface area (Å²) >= 11 is 0. The van der Waals surface area contributed by atoms with Gasteiger partial charge in [0.05, 0.1) is 0 Å². The lowest BCUT2D eigenvalue weighted by Gasteiger charge is -2.18. The van der Waals surface area contributed by atoms with Crippen molar-refractivity contribution in [2.24, 2.45) is 0 Å². The number of rotatable bonds is 3. The Balaban J connectivity index is 2.74. The molecule has 3 nitrogen and oxygen atoms in total. The summed E-state index contributed by atoms with van der Waals surface area (Å²) in [5.41, 5.74) is 0. The number of aliphatic hydroxyl groups excluding tert-OH is 1. The second kappa shape index (κ2) is 3.62. The standard InChI is InChI=1S/C10H16O3/c1-5-7(11)9-8(6-2)12-10(3,4)13-9/h5-9,11H,1-2H2,3-4H3/t7-,8-,9-/m0/s1. The van der Waals surface area contributed by atoms with Crippen molar-refractivity contribution in [1.29, 1.82) is 0 Å². The molecule has 0 radical (unpaired) electrons. The third kappa shape index (κ3) is 2.18. The van der Waals surface area contributed by atoms with E-state index < -0.39 is 18.0 Å². The second-order valence-corrected chi connectivity index (χ2v) is 3.53. The zero-order chi connectivity index (χ0) is 10.1. The Bertz CT molecular complexity index is 210. The Morgan fingerprint density at radius 2 is 2.00 bits per heavy atom. The van der Waals surface area contributed by atoms with Gasteiger partial charge in [0.1, 0.15) is 18.3 Å². The maximum atomic E-state index is 9.52. The summed E-state index contributed by atoms with van der Waals surface area (Å²) in [7, 11) is 0. The fraction of sp³-hybridized carbons (Fsp3) is 0.600. The van der Waals surface area contributed by atoms with E-state index in [9.17, 15) is 5.11 Å². The van der Waals surface area contributed by atoms with Crippen molar-refractivity contribution >= 4 is 0 Å². The predicted octanol–water partition coefficient (Wildman–Crippen LogP) is 1.24. The summed E-state index contributed by atoms with van der Waals surface area (Å²) < 4.78 is 11.0. The summed E-state index contributed by atoms with van der Waals surface area (Å²) in [6, 6.07) is 0. The van der Waals surface area contributed by atoms with Crippen molar-refractivity contribution in [2.45, 2.75) is 37.9 Å². The van der Waals surface area contributed by atoms with Gasteiger partial charge < -0.3 is 14.6 Å². The second-order valence-electron chi connectivity index (χ2n) is 3.53. The highest BCUT2D eigenvalue weighted by Gasteiger charge is 2.42. The van der Waals surface area contributed by atoms with Crippen LogP contribution in [0.15, 0.2) is 25.3 Å². The molecule has 0 aromatic carbocycles. The molecule has 74 valence electrons. The van der Waals surface area contributed by atoms with E-state index in [1.165, 1.54) is 6.08 Å². The first kappa shape index (κ1) is 10.4. The lowest BCUT2D eigenvalue weighted by molar-refractivity contribution is -0.150. The van der Waals surface area contributed by atoms with E-state index in [1.54, 1.807) is 19.9 Å². The molecule has 1 fully saturated rings. The first-order valence-corrected chi connectivity index (χ1v) is 4.29. The van der Waals surface area contributed by atoms with Gasteiger partial charge in [-0.05, 0) is 13.8 Å². The fourth-order valence-electron chi connectivity index (χ4n) is 1.40. The third-order valence-electron chi connectivity index (χ3n) is 1.97. The highest BCUT2D eigenvalue weighted by Crippen LogP contribution is 2.30. The highest BCUT2D eigenvalue weighted by molar-refractivity contribution is 5.00. The van der Waals surface area contributed by atoms with E-state index >= 15 is 0 Å². The summed E-state index contributed by atoms with van der Waals surface area (Å²) in [6.45, 7) is 10.7. The van der Waals surface area contributed by atoms with E-state index in [0.717, 1.165) is 0 Å². The minimum atomic E-state index is -0.718. The monoisotopic (exact) mass is 184 g/mol. The summed E-state index contributed by atoms with van der Waals surface area (Å²) in [5.74, 6) is -0.659. The van der Waals surface area contributed by atoms with Crippen LogP contribution in [0.5, 0.6) is 0 Å². The summed E-state index contributed by atoms with van der Waals surface area (Å²) in [6.07, 6.45) is 1.68. The number of hydrogen-bond acceptors (Lipinski definition) is 3. The van der Waals surface area contributed by atoms with Gasteiger partial charge in [-0.1, -0.05) is 12.2 Å².